The predicted molar refractivity (Wildman–Crippen MR) is 81.1 cm³/mol. The molecule has 4 nitrogen and oxygen atoms in total. The van der Waals surface area contributed by atoms with E-state index in [0.29, 0.717) is 5.03 Å². The van der Waals surface area contributed by atoms with Crippen LogP contribution in [-0.2, 0) is 4.74 Å². The third-order valence-corrected chi connectivity index (χ3v) is 4.15. The molecule has 0 unspecified atom stereocenters. The van der Waals surface area contributed by atoms with Gasteiger partial charge in [0.2, 0.25) is 0 Å². The molecule has 1 aromatic heterocycles. The molecule has 0 aliphatic rings. The number of hydrogen-bond acceptors (Lipinski definition) is 6. The molecule has 0 spiro atoms. The van der Waals surface area contributed by atoms with Crippen LogP contribution in [0.1, 0.15) is 17.3 Å². The highest BCUT2D eigenvalue weighted by atomic mass is 32.2. The van der Waals surface area contributed by atoms with Crippen LogP contribution in [0.5, 0.6) is 0 Å². The summed E-state index contributed by atoms with van der Waals surface area (Å²) in [4.78, 5) is 16.4. The fourth-order valence-electron chi connectivity index (χ4n) is 1.65. The Morgan fingerprint density at radius 3 is 2.70 bits per heavy atom. The van der Waals surface area contributed by atoms with Crippen LogP contribution < -0.4 is 4.67 Å². The second-order valence-corrected chi connectivity index (χ2v) is 5.61. The summed E-state index contributed by atoms with van der Waals surface area (Å²) in [5.41, 5.74) is 1.20. The molecule has 1 heterocycles. The lowest BCUT2D eigenvalue weighted by Crippen LogP contribution is -2.18. The van der Waals surface area contributed by atoms with E-state index >= 15 is 0 Å². The van der Waals surface area contributed by atoms with Crippen molar-refractivity contribution in [3.63, 3.8) is 0 Å². The average molecular weight is 306 g/mol. The summed E-state index contributed by atoms with van der Waals surface area (Å²) >= 11 is 2.53. The Labute approximate surface area is 125 Å². The molecular formula is C14H14N2O2S2. The van der Waals surface area contributed by atoms with Gasteiger partial charge in [-0.15, -0.1) is 11.8 Å². The molecule has 0 bridgehead atoms. The van der Waals surface area contributed by atoms with E-state index < -0.39 is 5.97 Å². The van der Waals surface area contributed by atoms with Crippen molar-refractivity contribution in [2.45, 2.75) is 11.9 Å². The Bertz CT molecular complexity index is 669. The zero-order chi connectivity index (χ0) is 14.5. The van der Waals surface area contributed by atoms with E-state index in [-0.39, 0.29) is 16.8 Å². The molecule has 0 atom stereocenters. The van der Waals surface area contributed by atoms with Crippen molar-refractivity contribution in [2.75, 3.05) is 12.9 Å². The largest absolute Gasteiger partial charge is 0.462 e. The van der Waals surface area contributed by atoms with Crippen LogP contribution in [0, 0.1) is 5.41 Å². The summed E-state index contributed by atoms with van der Waals surface area (Å²) in [6, 6.07) is 9.65. The minimum absolute atomic E-state index is 0.182. The zero-order valence-electron chi connectivity index (χ0n) is 11.2. The van der Waals surface area contributed by atoms with E-state index in [4.69, 9.17) is 10.1 Å². The predicted octanol–water partition coefficient (Wildman–Crippen LogP) is 3.19. The van der Waals surface area contributed by atoms with Gasteiger partial charge in [0, 0.05) is 5.56 Å². The number of hydrogen-bond donors (Lipinski definition) is 1. The molecular weight excluding hydrogens is 292 g/mol. The van der Waals surface area contributed by atoms with Crippen molar-refractivity contribution >= 4 is 29.1 Å². The summed E-state index contributed by atoms with van der Waals surface area (Å²) in [5.74, 6) is -0.481. The molecule has 0 radical (unpaired) electrons. The number of rotatable bonds is 4. The maximum atomic E-state index is 11.9. The average Bonchev–Trinajstić information content (AvgIpc) is 2.47. The van der Waals surface area contributed by atoms with E-state index in [2.05, 4.69) is 4.98 Å². The number of esters is 1. The van der Waals surface area contributed by atoms with Crippen molar-refractivity contribution in [3.8, 4) is 10.6 Å². The quantitative estimate of drug-likeness (QED) is 0.696. The highest BCUT2D eigenvalue weighted by molar-refractivity contribution is 7.98. The standard InChI is InChI=1S/C14H14N2O2S2/c1-3-18-14(17)10-11(15)20-12(16-13(10)19-2)9-7-5-4-6-8-9/h4-8,15H,3H2,1-2H3. The third kappa shape index (κ3) is 3.08. The molecule has 6 heteroatoms. The number of aromatic nitrogens is 1. The van der Waals surface area contributed by atoms with Crippen LogP contribution in [0.25, 0.3) is 10.6 Å². The molecule has 0 amide bonds. The van der Waals surface area contributed by atoms with Gasteiger partial charge in [-0.05, 0) is 13.2 Å². The number of benzene rings is 1. The highest BCUT2D eigenvalue weighted by Crippen LogP contribution is 2.24. The van der Waals surface area contributed by atoms with E-state index in [1.807, 2.05) is 36.6 Å². The molecule has 1 aromatic carbocycles. The third-order valence-electron chi connectivity index (χ3n) is 2.54. The Balaban J connectivity index is 2.54. The maximum absolute atomic E-state index is 11.9. The maximum Gasteiger partial charge on any atom is 0.343 e. The minimum Gasteiger partial charge on any atom is -0.462 e. The normalized spacial score (nSPS) is 10.3. The number of nitrogens with zero attached hydrogens (tertiary/aromatic N) is 1. The molecule has 0 aliphatic carbocycles. The topological polar surface area (TPSA) is 63.0 Å². The van der Waals surface area contributed by atoms with E-state index in [9.17, 15) is 4.79 Å². The molecule has 1 N–H and O–H groups in total. The van der Waals surface area contributed by atoms with Gasteiger partial charge in [0.15, 0.2) is 0 Å². The monoisotopic (exact) mass is 306 g/mol. The van der Waals surface area contributed by atoms with Crippen LogP contribution in [-0.4, -0.2) is 23.8 Å². The number of ether oxygens (including phenoxy) is 1. The van der Waals surface area contributed by atoms with Gasteiger partial charge < -0.3 is 4.74 Å². The van der Waals surface area contributed by atoms with Gasteiger partial charge in [0.1, 0.15) is 20.3 Å². The molecule has 0 fully saturated rings. The van der Waals surface area contributed by atoms with Gasteiger partial charge in [-0.1, -0.05) is 41.7 Å². The van der Waals surface area contributed by atoms with Crippen LogP contribution in [0.2, 0.25) is 0 Å². The van der Waals surface area contributed by atoms with E-state index in [0.717, 1.165) is 10.6 Å². The number of carbonyl (C=O) groups excluding carboxylic acids is 1. The number of thioether (sulfide) groups is 1. The second kappa shape index (κ2) is 6.67. The first-order chi connectivity index (χ1) is 9.67. The van der Waals surface area contributed by atoms with E-state index in [1.54, 1.807) is 6.92 Å². The Hall–Kier alpha value is -1.66. The first kappa shape index (κ1) is 14.7. The number of carbonyl (C=O) groups is 1. The van der Waals surface area contributed by atoms with Crippen molar-refractivity contribution in [2.24, 2.45) is 0 Å². The lowest BCUT2D eigenvalue weighted by molar-refractivity contribution is 0.0520. The Morgan fingerprint density at radius 2 is 2.10 bits per heavy atom. The molecule has 20 heavy (non-hydrogen) atoms. The Kier molecular flexibility index (Phi) is 4.92. The first-order valence-electron chi connectivity index (χ1n) is 6.03. The highest BCUT2D eigenvalue weighted by Gasteiger charge is 2.18. The summed E-state index contributed by atoms with van der Waals surface area (Å²) < 4.78 is 5.17. The summed E-state index contributed by atoms with van der Waals surface area (Å²) in [7, 11) is 0. The van der Waals surface area contributed by atoms with Crippen LogP contribution in [0.3, 0.4) is 0 Å². The van der Waals surface area contributed by atoms with Gasteiger partial charge >= 0.3 is 5.97 Å². The van der Waals surface area contributed by atoms with Crippen molar-refractivity contribution < 1.29 is 9.53 Å². The van der Waals surface area contributed by atoms with Gasteiger partial charge in [0.05, 0.1) is 6.61 Å². The minimum atomic E-state index is -0.481. The van der Waals surface area contributed by atoms with Crippen molar-refractivity contribution in [1.82, 2.24) is 4.98 Å². The van der Waals surface area contributed by atoms with Crippen LogP contribution in [0.15, 0.2) is 35.4 Å². The fraction of sp³-hybridized carbons (Fsp3) is 0.214. The number of nitrogens with one attached hydrogen (secondary N) is 1. The van der Waals surface area contributed by atoms with Gasteiger partial charge in [-0.25, -0.2) is 9.78 Å². The Morgan fingerprint density at radius 1 is 1.40 bits per heavy atom. The lowest BCUT2D eigenvalue weighted by Gasteiger charge is -2.08. The lowest BCUT2D eigenvalue weighted by atomic mass is 10.2. The summed E-state index contributed by atoms with van der Waals surface area (Å²) in [5, 5.41) is 9.34. The molecule has 2 aromatic rings. The second-order valence-electron chi connectivity index (χ2n) is 3.82. The molecule has 0 aliphatic heterocycles. The van der Waals surface area contributed by atoms with Gasteiger partial charge in [-0.2, -0.15) is 0 Å². The molecule has 0 saturated carbocycles. The molecule has 0 saturated heterocycles. The van der Waals surface area contributed by atoms with E-state index in [1.165, 1.54) is 23.1 Å². The van der Waals surface area contributed by atoms with Crippen LogP contribution in [0.4, 0.5) is 0 Å². The van der Waals surface area contributed by atoms with Gasteiger partial charge in [-0.3, -0.25) is 5.41 Å². The fourth-order valence-corrected chi connectivity index (χ4v) is 3.21. The smallest absolute Gasteiger partial charge is 0.343 e. The molecule has 104 valence electrons. The zero-order valence-corrected chi connectivity index (χ0v) is 12.8. The molecule has 2 rings (SSSR count). The summed E-state index contributed by atoms with van der Waals surface area (Å²) in [6.45, 7) is 2.03. The van der Waals surface area contributed by atoms with Gasteiger partial charge in [0.25, 0.3) is 0 Å². The SMILES string of the molecule is CCOC(=O)c1c(SC)nc(-c2ccccc2)sc1=N. The summed E-state index contributed by atoms with van der Waals surface area (Å²) in [6.07, 6.45) is 1.84. The van der Waals surface area contributed by atoms with Crippen molar-refractivity contribution in [3.05, 3.63) is 40.6 Å². The first-order valence-corrected chi connectivity index (χ1v) is 8.07. The van der Waals surface area contributed by atoms with Crippen LogP contribution >= 0.6 is 23.1 Å². The van der Waals surface area contributed by atoms with Crippen molar-refractivity contribution in [1.29, 1.82) is 5.41 Å².